The lowest BCUT2D eigenvalue weighted by atomic mass is 10.3. The lowest BCUT2D eigenvalue weighted by Crippen LogP contribution is -2.54. The summed E-state index contributed by atoms with van der Waals surface area (Å²) in [6, 6.07) is 1.67. The summed E-state index contributed by atoms with van der Waals surface area (Å²) >= 11 is 0. The second-order valence-electron chi connectivity index (χ2n) is 8.38. The molecule has 9 nitrogen and oxygen atoms in total. The topological polar surface area (TPSA) is 65.1 Å². The zero-order valence-corrected chi connectivity index (χ0v) is 25.1. The first-order chi connectivity index (χ1) is 16.4. The summed E-state index contributed by atoms with van der Waals surface area (Å²) in [6.45, 7) is 22.0. The van der Waals surface area contributed by atoms with Crippen LogP contribution in [-0.2, 0) is 26.6 Å². The molecule has 0 unspecified atom stereocenters. The van der Waals surface area contributed by atoms with Crippen LogP contribution in [0.2, 0.25) is 12.1 Å². The van der Waals surface area contributed by atoms with Gasteiger partial charge in [0.25, 0.3) is 0 Å². The number of rotatable bonds is 21. The number of hydrogen-bond donors (Lipinski definition) is 0. The van der Waals surface area contributed by atoms with Crippen LogP contribution in [0.25, 0.3) is 0 Å². The molecule has 0 amide bonds. The maximum atomic E-state index is 6.07. The van der Waals surface area contributed by atoms with Crippen LogP contribution in [0, 0.1) is 0 Å². The molecule has 1 aliphatic heterocycles. The third-order valence-corrected chi connectivity index (χ3v) is 12.2. The van der Waals surface area contributed by atoms with Crippen molar-refractivity contribution in [3.05, 3.63) is 0 Å². The highest BCUT2D eigenvalue weighted by atomic mass is 28.4. The third-order valence-electron chi connectivity index (χ3n) is 5.86. The largest absolute Gasteiger partial charge is 0.500 e. The summed E-state index contributed by atoms with van der Waals surface area (Å²) in [5.41, 5.74) is 0. The molecule has 11 heteroatoms. The third kappa shape index (κ3) is 11.4. The van der Waals surface area contributed by atoms with Crippen molar-refractivity contribution < 1.29 is 26.6 Å². The van der Waals surface area contributed by atoms with Gasteiger partial charge in [0.2, 0.25) is 0 Å². The van der Waals surface area contributed by atoms with E-state index in [0.29, 0.717) is 39.6 Å². The molecule has 1 fully saturated rings. The molecule has 1 heterocycles. The minimum atomic E-state index is -2.62. The second-order valence-corrected chi connectivity index (χ2v) is 13.8. The van der Waals surface area contributed by atoms with Crippen LogP contribution in [0.4, 0.5) is 0 Å². The minimum absolute atomic E-state index is 0.618. The Morgan fingerprint density at radius 1 is 0.559 bits per heavy atom. The van der Waals surface area contributed by atoms with Crippen LogP contribution in [0.15, 0.2) is 0 Å². The van der Waals surface area contributed by atoms with Crippen LogP contribution in [0.1, 0.15) is 54.4 Å². The van der Waals surface area contributed by atoms with Crippen molar-refractivity contribution in [1.29, 1.82) is 0 Å². The van der Waals surface area contributed by atoms with E-state index in [1.807, 2.05) is 41.5 Å². The van der Waals surface area contributed by atoms with Crippen molar-refractivity contribution in [2.24, 2.45) is 0 Å². The zero-order chi connectivity index (χ0) is 25.3. The van der Waals surface area contributed by atoms with Crippen LogP contribution in [-0.4, -0.2) is 118 Å². The molecule has 0 atom stereocenters. The number of likely N-dealkylation sites (N-methyl/N-ethyl adjacent to an activating group) is 1. The molecule has 1 rings (SSSR count). The van der Waals surface area contributed by atoms with E-state index in [1.54, 1.807) is 0 Å². The first kappa shape index (κ1) is 32.1. The molecule has 0 aromatic heterocycles. The Morgan fingerprint density at radius 3 is 1.18 bits per heavy atom. The molecule has 0 radical (unpaired) electrons. The summed E-state index contributed by atoms with van der Waals surface area (Å²) in [5.74, 6) is 0. The summed E-state index contributed by atoms with van der Waals surface area (Å²) in [4.78, 5) is 2.39. The van der Waals surface area contributed by atoms with Crippen LogP contribution in [0.5, 0.6) is 0 Å². The highest BCUT2D eigenvalue weighted by Crippen LogP contribution is 2.21. The van der Waals surface area contributed by atoms with Gasteiger partial charge < -0.3 is 31.5 Å². The fourth-order valence-corrected chi connectivity index (χ4v) is 9.62. The van der Waals surface area contributed by atoms with Gasteiger partial charge in [-0.3, -0.25) is 0 Å². The standard InChI is InChI=1S/C23H53N3O6Si2/c1-8-27-33(28-9-2,29-10-3)22-14-16-25(26-20-18-24(7)19-21-26)17-15-23-34(30-11-4,31-12-5)32-13-6/h8-23H2,1-7H3. The molecule has 0 N–H and O–H groups in total. The van der Waals surface area contributed by atoms with Gasteiger partial charge in [0, 0.05) is 91.0 Å². The Labute approximate surface area is 211 Å². The van der Waals surface area contributed by atoms with Gasteiger partial charge in [0.1, 0.15) is 0 Å². The average molecular weight is 524 g/mol. The van der Waals surface area contributed by atoms with Crippen molar-refractivity contribution in [2.45, 2.75) is 66.5 Å². The highest BCUT2D eigenvalue weighted by molar-refractivity contribution is 6.61. The molecular formula is C23H53N3O6Si2. The summed E-state index contributed by atoms with van der Waals surface area (Å²) in [6.07, 6.45) is 1.95. The maximum Gasteiger partial charge on any atom is 0.500 e. The molecular weight excluding hydrogens is 470 g/mol. The van der Waals surface area contributed by atoms with Crippen molar-refractivity contribution in [3.63, 3.8) is 0 Å². The first-order valence-electron chi connectivity index (χ1n) is 13.5. The van der Waals surface area contributed by atoms with Gasteiger partial charge in [-0.05, 0) is 61.4 Å². The lowest BCUT2D eigenvalue weighted by molar-refractivity contribution is -0.0550. The quantitative estimate of drug-likeness (QED) is 0.211. The number of nitrogens with zero attached hydrogens (tertiary/aromatic N) is 3. The Bertz CT molecular complexity index is 435. The number of hydrazine groups is 1. The first-order valence-corrected chi connectivity index (χ1v) is 17.3. The fourth-order valence-electron chi connectivity index (χ4n) is 4.43. The SMILES string of the molecule is CCO[Si](CCCN(CCC[Si](OCC)(OCC)OCC)N1CCN(C)CC1)(OCC)OCC. The molecule has 34 heavy (non-hydrogen) atoms. The van der Waals surface area contributed by atoms with E-state index < -0.39 is 17.6 Å². The van der Waals surface area contributed by atoms with E-state index in [2.05, 4.69) is 22.0 Å². The Balaban J connectivity index is 2.80. The Hall–Kier alpha value is 0.0738. The van der Waals surface area contributed by atoms with E-state index in [9.17, 15) is 0 Å². The van der Waals surface area contributed by atoms with Gasteiger partial charge in [0.05, 0.1) is 0 Å². The fraction of sp³-hybridized carbons (Fsp3) is 1.00. The van der Waals surface area contributed by atoms with Crippen LogP contribution in [0.3, 0.4) is 0 Å². The Morgan fingerprint density at radius 2 is 0.882 bits per heavy atom. The van der Waals surface area contributed by atoms with Gasteiger partial charge in [-0.1, -0.05) is 0 Å². The van der Waals surface area contributed by atoms with E-state index in [0.717, 1.165) is 64.2 Å². The van der Waals surface area contributed by atoms with E-state index >= 15 is 0 Å². The van der Waals surface area contributed by atoms with Crippen molar-refractivity contribution in [2.75, 3.05) is 86.0 Å². The van der Waals surface area contributed by atoms with Gasteiger partial charge in [-0.25, -0.2) is 10.0 Å². The van der Waals surface area contributed by atoms with E-state index in [4.69, 9.17) is 26.6 Å². The molecule has 1 aliphatic rings. The molecule has 0 saturated carbocycles. The van der Waals surface area contributed by atoms with Crippen molar-refractivity contribution in [1.82, 2.24) is 14.9 Å². The highest BCUT2D eigenvalue weighted by Gasteiger charge is 2.41. The maximum absolute atomic E-state index is 6.07. The normalized spacial score (nSPS) is 16.6. The molecule has 0 aromatic carbocycles. The van der Waals surface area contributed by atoms with Crippen molar-refractivity contribution in [3.8, 4) is 0 Å². The second kappa shape index (κ2) is 18.3. The van der Waals surface area contributed by atoms with E-state index in [1.165, 1.54) is 0 Å². The smallest absolute Gasteiger partial charge is 0.374 e. The summed E-state index contributed by atoms with van der Waals surface area (Å²) in [7, 11) is -3.05. The van der Waals surface area contributed by atoms with Crippen molar-refractivity contribution >= 4 is 17.6 Å². The predicted octanol–water partition coefficient (Wildman–Crippen LogP) is 3.33. The lowest BCUT2D eigenvalue weighted by Gasteiger charge is -2.41. The minimum Gasteiger partial charge on any atom is -0.374 e. The van der Waals surface area contributed by atoms with E-state index in [-0.39, 0.29) is 0 Å². The average Bonchev–Trinajstić information content (AvgIpc) is 2.80. The number of piperazine rings is 1. The molecule has 0 aliphatic carbocycles. The van der Waals surface area contributed by atoms with Crippen LogP contribution < -0.4 is 0 Å². The summed E-state index contributed by atoms with van der Waals surface area (Å²) in [5, 5.41) is 5.02. The molecule has 1 saturated heterocycles. The molecule has 204 valence electrons. The van der Waals surface area contributed by atoms with Gasteiger partial charge in [-0.2, -0.15) is 0 Å². The molecule has 0 spiro atoms. The molecule has 0 bridgehead atoms. The van der Waals surface area contributed by atoms with Crippen LogP contribution >= 0.6 is 0 Å². The number of hydrogen-bond acceptors (Lipinski definition) is 9. The zero-order valence-electron chi connectivity index (χ0n) is 23.1. The van der Waals surface area contributed by atoms with Gasteiger partial charge >= 0.3 is 17.6 Å². The molecule has 0 aromatic rings. The monoisotopic (exact) mass is 523 g/mol. The summed E-state index contributed by atoms with van der Waals surface area (Å²) < 4.78 is 36.4. The predicted molar refractivity (Wildman–Crippen MR) is 141 cm³/mol. The van der Waals surface area contributed by atoms with Gasteiger partial charge in [-0.15, -0.1) is 0 Å². The Kier molecular flexibility index (Phi) is 17.3. The van der Waals surface area contributed by atoms with Gasteiger partial charge in [0.15, 0.2) is 0 Å².